The van der Waals surface area contributed by atoms with Gasteiger partial charge in [-0.3, -0.25) is 4.98 Å². The number of allylic oxidation sites excluding steroid dienone is 1. The zero-order valence-corrected chi connectivity index (χ0v) is 32.3. The Bertz CT molecular complexity index is 3430. The van der Waals surface area contributed by atoms with Gasteiger partial charge in [0.15, 0.2) is 0 Å². The Morgan fingerprint density at radius 1 is 0.458 bits per heavy atom. The van der Waals surface area contributed by atoms with Gasteiger partial charge < -0.3 is 4.57 Å². The van der Waals surface area contributed by atoms with Crippen LogP contribution in [0.3, 0.4) is 0 Å². The van der Waals surface area contributed by atoms with Crippen LogP contribution in [0.15, 0.2) is 200 Å². The van der Waals surface area contributed by atoms with E-state index in [0.717, 1.165) is 39.5 Å². The van der Waals surface area contributed by atoms with Crippen molar-refractivity contribution in [1.29, 1.82) is 0 Å². The predicted octanol–water partition coefficient (Wildman–Crippen LogP) is 14.6. The molecule has 2 aromatic heterocycles. The topological polar surface area (TPSA) is 30.7 Å². The molecule has 0 N–H and O–H groups in total. The maximum Gasteiger partial charge on any atom is 0.0979 e. The number of hydrogen-bond acceptors (Lipinski definition) is 2. The van der Waals surface area contributed by atoms with Gasteiger partial charge in [0.05, 0.1) is 34.0 Å². The molecule has 12 rings (SSSR count). The van der Waals surface area contributed by atoms with Gasteiger partial charge in [-0.05, 0) is 92.5 Å². The van der Waals surface area contributed by atoms with Crippen LogP contribution in [0, 0.1) is 0 Å². The SMILES string of the molecule is C1=Cc2c(-c3cccc(-c4cnc5c6ccccc6c6ccccc6c5n4)c3)cccc2C(c2ccc(-c3ccc4c(c3)c3ccccc3n4-c3ccccc3)cc2)C1. The first-order valence-electron chi connectivity index (χ1n) is 20.4. The van der Waals surface area contributed by atoms with Crippen LogP contribution in [0.5, 0.6) is 0 Å². The first-order valence-corrected chi connectivity index (χ1v) is 20.4. The van der Waals surface area contributed by atoms with E-state index in [1.54, 1.807) is 0 Å². The smallest absolute Gasteiger partial charge is 0.0979 e. The summed E-state index contributed by atoms with van der Waals surface area (Å²) < 4.78 is 2.37. The minimum absolute atomic E-state index is 0.271. The average Bonchev–Trinajstić information content (AvgIpc) is 3.65. The first-order chi connectivity index (χ1) is 29.3. The summed E-state index contributed by atoms with van der Waals surface area (Å²) in [7, 11) is 0. The highest BCUT2D eigenvalue weighted by atomic mass is 15.0. The van der Waals surface area contributed by atoms with Gasteiger partial charge in [0.2, 0.25) is 0 Å². The van der Waals surface area contributed by atoms with Crippen molar-refractivity contribution in [3.8, 4) is 39.2 Å². The molecule has 3 heteroatoms. The van der Waals surface area contributed by atoms with E-state index in [-0.39, 0.29) is 5.92 Å². The summed E-state index contributed by atoms with van der Waals surface area (Å²) in [6, 6.07) is 68.2. The molecule has 0 aliphatic heterocycles. The zero-order chi connectivity index (χ0) is 38.9. The summed E-state index contributed by atoms with van der Waals surface area (Å²) in [5.41, 5.74) is 16.3. The Kier molecular flexibility index (Phi) is 7.67. The summed E-state index contributed by atoms with van der Waals surface area (Å²) in [6.07, 6.45) is 7.56. The zero-order valence-electron chi connectivity index (χ0n) is 32.3. The summed E-state index contributed by atoms with van der Waals surface area (Å²) in [5, 5.41) is 7.20. The van der Waals surface area contributed by atoms with Crippen LogP contribution in [0.25, 0.3) is 99.7 Å². The van der Waals surface area contributed by atoms with Crippen LogP contribution in [-0.4, -0.2) is 14.5 Å². The standard InChI is InChI=1S/C56H37N3/c1-2-15-41(16-3-1)59-53-26-9-8-19-48(53)51-34-38(31-32-54(51)59)36-27-29-37(30-28-36)42-22-11-25-45-43(23-12-24-44(42)45)39-13-10-14-40(33-39)52-35-57-55-49-20-6-4-17-46(49)47-18-5-7-21-50(47)56(55)58-52/h1-21,23-35,42H,22H2. The fourth-order valence-electron chi connectivity index (χ4n) is 9.61. The number of fused-ring (bicyclic) bond motifs is 10. The Morgan fingerprint density at radius 2 is 1.12 bits per heavy atom. The van der Waals surface area contributed by atoms with Crippen molar-refractivity contribution in [2.24, 2.45) is 0 Å². The van der Waals surface area contributed by atoms with Crippen molar-refractivity contribution >= 4 is 60.5 Å². The third-order valence-electron chi connectivity index (χ3n) is 12.4. The van der Waals surface area contributed by atoms with Gasteiger partial charge in [0, 0.05) is 38.7 Å². The molecule has 1 aliphatic rings. The summed E-state index contributed by atoms with van der Waals surface area (Å²) in [6.45, 7) is 0. The summed E-state index contributed by atoms with van der Waals surface area (Å²) >= 11 is 0. The maximum absolute atomic E-state index is 5.29. The largest absolute Gasteiger partial charge is 0.309 e. The van der Waals surface area contributed by atoms with E-state index in [1.807, 2.05) is 6.20 Å². The molecule has 1 unspecified atom stereocenters. The Balaban J connectivity index is 0.882. The molecule has 11 aromatic rings. The van der Waals surface area contributed by atoms with Crippen molar-refractivity contribution in [1.82, 2.24) is 14.5 Å². The van der Waals surface area contributed by atoms with Crippen molar-refractivity contribution in [3.63, 3.8) is 0 Å². The van der Waals surface area contributed by atoms with Gasteiger partial charge in [-0.15, -0.1) is 0 Å². The third kappa shape index (κ3) is 5.43. The number of benzene rings is 9. The van der Waals surface area contributed by atoms with Crippen LogP contribution in [0.4, 0.5) is 0 Å². The van der Waals surface area contributed by atoms with Gasteiger partial charge in [-0.2, -0.15) is 0 Å². The minimum atomic E-state index is 0.271. The molecule has 0 saturated heterocycles. The molecule has 1 aliphatic carbocycles. The van der Waals surface area contributed by atoms with Gasteiger partial charge in [0.1, 0.15) is 0 Å². The quantitative estimate of drug-likeness (QED) is 0.164. The molecule has 3 nitrogen and oxygen atoms in total. The van der Waals surface area contributed by atoms with Gasteiger partial charge in [-0.1, -0.05) is 164 Å². The fraction of sp³-hybridized carbons (Fsp3) is 0.0357. The van der Waals surface area contributed by atoms with Gasteiger partial charge in [0.25, 0.3) is 0 Å². The first kappa shape index (κ1) is 33.5. The summed E-state index contributed by atoms with van der Waals surface area (Å²) in [4.78, 5) is 10.3. The molecule has 0 fully saturated rings. The minimum Gasteiger partial charge on any atom is -0.309 e. The second-order valence-electron chi connectivity index (χ2n) is 15.7. The van der Waals surface area contributed by atoms with Crippen molar-refractivity contribution in [3.05, 3.63) is 217 Å². The van der Waals surface area contributed by atoms with E-state index in [2.05, 4.69) is 205 Å². The van der Waals surface area contributed by atoms with E-state index < -0.39 is 0 Å². The second-order valence-corrected chi connectivity index (χ2v) is 15.7. The fourth-order valence-corrected chi connectivity index (χ4v) is 9.61. The van der Waals surface area contributed by atoms with Crippen LogP contribution in [0.2, 0.25) is 0 Å². The average molecular weight is 752 g/mol. The lowest BCUT2D eigenvalue weighted by Gasteiger charge is -2.25. The van der Waals surface area contributed by atoms with Crippen LogP contribution >= 0.6 is 0 Å². The van der Waals surface area contributed by atoms with E-state index in [1.165, 1.54) is 77.2 Å². The van der Waals surface area contributed by atoms with Gasteiger partial charge >= 0.3 is 0 Å². The van der Waals surface area contributed by atoms with E-state index in [0.29, 0.717) is 0 Å². The number of rotatable bonds is 5. The van der Waals surface area contributed by atoms with Gasteiger partial charge in [-0.25, -0.2) is 4.98 Å². The lowest BCUT2D eigenvalue weighted by Crippen LogP contribution is -2.06. The predicted molar refractivity (Wildman–Crippen MR) is 247 cm³/mol. The third-order valence-corrected chi connectivity index (χ3v) is 12.4. The van der Waals surface area contributed by atoms with Crippen molar-refractivity contribution in [2.75, 3.05) is 0 Å². The summed E-state index contributed by atoms with van der Waals surface area (Å²) in [5.74, 6) is 0.271. The highest BCUT2D eigenvalue weighted by Crippen LogP contribution is 2.42. The molecule has 1 atom stereocenters. The lowest BCUT2D eigenvalue weighted by molar-refractivity contribution is 0.820. The highest BCUT2D eigenvalue weighted by molar-refractivity contribution is 6.23. The molecule has 0 bridgehead atoms. The highest BCUT2D eigenvalue weighted by Gasteiger charge is 2.22. The molecule has 0 spiro atoms. The van der Waals surface area contributed by atoms with Crippen LogP contribution in [0.1, 0.15) is 29.0 Å². The van der Waals surface area contributed by atoms with Crippen LogP contribution < -0.4 is 0 Å². The molecule has 0 saturated carbocycles. The Labute approximate surface area is 342 Å². The monoisotopic (exact) mass is 751 g/mol. The molecule has 0 radical (unpaired) electrons. The molecule has 59 heavy (non-hydrogen) atoms. The molecule has 0 amide bonds. The number of para-hydroxylation sites is 2. The Hall–Kier alpha value is -7.62. The molecule has 276 valence electrons. The van der Waals surface area contributed by atoms with Crippen molar-refractivity contribution < 1.29 is 0 Å². The molecule has 2 heterocycles. The lowest BCUT2D eigenvalue weighted by atomic mass is 9.79. The van der Waals surface area contributed by atoms with E-state index in [4.69, 9.17) is 9.97 Å². The molecule has 9 aromatic carbocycles. The van der Waals surface area contributed by atoms with Crippen molar-refractivity contribution in [2.45, 2.75) is 12.3 Å². The molecular formula is C56H37N3. The number of aromatic nitrogens is 3. The maximum atomic E-state index is 5.29. The number of nitrogens with zero attached hydrogens (tertiary/aromatic N) is 3. The van der Waals surface area contributed by atoms with E-state index >= 15 is 0 Å². The number of hydrogen-bond donors (Lipinski definition) is 0. The molecular weight excluding hydrogens is 715 g/mol. The second kappa shape index (κ2) is 13.5. The van der Waals surface area contributed by atoms with Crippen LogP contribution in [-0.2, 0) is 0 Å². The normalized spacial score (nSPS) is 13.8. The van der Waals surface area contributed by atoms with E-state index in [9.17, 15) is 0 Å². The Morgan fingerprint density at radius 3 is 1.93 bits per heavy atom.